The normalized spacial score (nSPS) is 19.9. The molecule has 0 saturated carbocycles. The van der Waals surface area contributed by atoms with E-state index in [4.69, 9.17) is 4.42 Å². The first-order valence-corrected chi connectivity index (χ1v) is 6.61. The standard InChI is InChI=1S/C15H18N2O/c1-11-14(13-9-5-6-10-16-13)17-15(18-11)12-7-3-2-4-8-12/h2-4,7-8,13,16H,5-6,9-10H2,1H3. The molecule has 0 bridgehead atoms. The lowest BCUT2D eigenvalue weighted by molar-refractivity contribution is 0.401. The molecule has 0 spiro atoms. The van der Waals surface area contributed by atoms with Crippen molar-refractivity contribution in [3.63, 3.8) is 0 Å². The van der Waals surface area contributed by atoms with Crippen LogP contribution in [0.2, 0.25) is 0 Å². The monoisotopic (exact) mass is 242 g/mol. The zero-order valence-corrected chi connectivity index (χ0v) is 10.6. The number of rotatable bonds is 2. The molecule has 1 saturated heterocycles. The lowest BCUT2D eigenvalue weighted by Gasteiger charge is -2.21. The first kappa shape index (κ1) is 11.5. The minimum atomic E-state index is 0.361. The third-order valence-corrected chi connectivity index (χ3v) is 3.49. The van der Waals surface area contributed by atoms with Gasteiger partial charge in [0, 0.05) is 5.56 Å². The van der Waals surface area contributed by atoms with Gasteiger partial charge >= 0.3 is 0 Å². The van der Waals surface area contributed by atoms with Crippen molar-refractivity contribution in [1.82, 2.24) is 10.3 Å². The summed E-state index contributed by atoms with van der Waals surface area (Å²) in [6.45, 7) is 3.09. The van der Waals surface area contributed by atoms with Gasteiger partial charge < -0.3 is 9.73 Å². The highest BCUT2D eigenvalue weighted by Crippen LogP contribution is 2.28. The van der Waals surface area contributed by atoms with Gasteiger partial charge in [-0.3, -0.25) is 0 Å². The predicted octanol–water partition coefficient (Wildman–Crippen LogP) is 3.46. The second-order valence-corrected chi connectivity index (χ2v) is 4.83. The van der Waals surface area contributed by atoms with Gasteiger partial charge in [-0.05, 0) is 38.4 Å². The van der Waals surface area contributed by atoms with Crippen LogP contribution in [0.5, 0.6) is 0 Å². The Labute approximate surface area is 107 Å². The molecule has 2 heterocycles. The van der Waals surface area contributed by atoms with E-state index >= 15 is 0 Å². The number of benzene rings is 1. The molecule has 1 aliphatic heterocycles. The van der Waals surface area contributed by atoms with Crippen LogP contribution in [0.3, 0.4) is 0 Å². The summed E-state index contributed by atoms with van der Waals surface area (Å²) in [6.07, 6.45) is 3.69. The Balaban J connectivity index is 1.91. The van der Waals surface area contributed by atoms with Gasteiger partial charge in [-0.2, -0.15) is 0 Å². The Hall–Kier alpha value is -1.61. The SMILES string of the molecule is Cc1oc(-c2ccccc2)nc1C1CCCCN1. The molecule has 1 fully saturated rings. The Morgan fingerprint density at radius 2 is 2.06 bits per heavy atom. The Morgan fingerprint density at radius 1 is 1.22 bits per heavy atom. The molecule has 1 N–H and O–H groups in total. The smallest absolute Gasteiger partial charge is 0.226 e. The number of oxazole rings is 1. The summed E-state index contributed by atoms with van der Waals surface area (Å²) in [6, 6.07) is 10.4. The zero-order valence-electron chi connectivity index (χ0n) is 10.6. The van der Waals surface area contributed by atoms with Gasteiger partial charge in [-0.1, -0.05) is 24.6 Å². The van der Waals surface area contributed by atoms with Gasteiger partial charge in [0.05, 0.1) is 11.7 Å². The van der Waals surface area contributed by atoms with Gasteiger partial charge in [-0.15, -0.1) is 0 Å². The third kappa shape index (κ3) is 2.18. The van der Waals surface area contributed by atoms with Crippen LogP contribution in [0.1, 0.15) is 36.8 Å². The van der Waals surface area contributed by atoms with E-state index in [1.165, 1.54) is 12.8 Å². The Bertz CT molecular complexity index is 513. The molecule has 0 amide bonds. The summed E-state index contributed by atoms with van der Waals surface area (Å²) in [4.78, 5) is 4.67. The van der Waals surface area contributed by atoms with E-state index in [0.29, 0.717) is 6.04 Å². The molecule has 2 aromatic rings. The van der Waals surface area contributed by atoms with Crippen molar-refractivity contribution in [2.24, 2.45) is 0 Å². The molecule has 18 heavy (non-hydrogen) atoms. The molecule has 3 heteroatoms. The summed E-state index contributed by atoms with van der Waals surface area (Å²) in [5.41, 5.74) is 2.12. The van der Waals surface area contributed by atoms with Crippen LogP contribution in [0.25, 0.3) is 11.5 Å². The van der Waals surface area contributed by atoms with E-state index in [1.807, 2.05) is 37.3 Å². The van der Waals surface area contributed by atoms with Crippen molar-refractivity contribution < 1.29 is 4.42 Å². The van der Waals surface area contributed by atoms with Crippen molar-refractivity contribution in [2.75, 3.05) is 6.54 Å². The number of piperidine rings is 1. The quantitative estimate of drug-likeness (QED) is 0.876. The fraction of sp³-hybridized carbons (Fsp3) is 0.400. The highest BCUT2D eigenvalue weighted by Gasteiger charge is 2.21. The summed E-state index contributed by atoms with van der Waals surface area (Å²) < 4.78 is 5.80. The van der Waals surface area contributed by atoms with E-state index in [1.54, 1.807) is 0 Å². The second kappa shape index (κ2) is 4.94. The molecule has 1 atom stereocenters. The van der Waals surface area contributed by atoms with E-state index < -0.39 is 0 Å². The van der Waals surface area contributed by atoms with Crippen molar-refractivity contribution in [3.8, 4) is 11.5 Å². The fourth-order valence-electron chi connectivity index (χ4n) is 2.52. The Kier molecular flexibility index (Phi) is 3.15. The lowest BCUT2D eigenvalue weighted by Crippen LogP contribution is -2.27. The molecule has 94 valence electrons. The molecular formula is C15H18N2O. The van der Waals surface area contributed by atoms with Crippen LogP contribution in [-0.4, -0.2) is 11.5 Å². The number of nitrogens with zero attached hydrogens (tertiary/aromatic N) is 1. The third-order valence-electron chi connectivity index (χ3n) is 3.49. The minimum Gasteiger partial charge on any atom is -0.441 e. The number of nitrogens with one attached hydrogen (secondary N) is 1. The van der Waals surface area contributed by atoms with Crippen molar-refractivity contribution in [2.45, 2.75) is 32.2 Å². The number of aromatic nitrogens is 1. The van der Waals surface area contributed by atoms with E-state index in [-0.39, 0.29) is 0 Å². The molecule has 0 aliphatic carbocycles. The number of hydrogen-bond donors (Lipinski definition) is 1. The molecule has 1 aliphatic rings. The summed E-state index contributed by atoms with van der Waals surface area (Å²) in [7, 11) is 0. The summed E-state index contributed by atoms with van der Waals surface area (Å²) in [5.74, 6) is 1.67. The molecular weight excluding hydrogens is 224 g/mol. The largest absolute Gasteiger partial charge is 0.441 e. The number of aryl methyl sites for hydroxylation is 1. The van der Waals surface area contributed by atoms with Crippen LogP contribution < -0.4 is 5.32 Å². The van der Waals surface area contributed by atoms with Gasteiger partial charge in [-0.25, -0.2) is 4.98 Å². The highest BCUT2D eigenvalue weighted by atomic mass is 16.4. The van der Waals surface area contributed by atoms with Gasteiger partial charge in [0.2, 0.25) is 5.89 Å². The first-order chi connectivity index (χ1) is 8.84. The van der Waals surface area contributed by atoms with Crippen molar-refractivity contribution in [1.29, 1.82) is 0 Å². The molecule has 0 radical (unpaired) electrons. The highest BCUT2D eigenvalue weighted by molar-refractivity contribution is 5.53. The maximum absolute atomic E-state index is 5.80. The minimum absolute atomic E-state index is 0.361. The van der Waals surface area contributed by atoms with Crippen LogP contribution in [-0.2, 0) is 0 Å². The van der Waals surface area contributed by atoms with Crippen LogP contribution in [0, 0.1) is 6.92 Å². The average Bonchev–Trinajstić information content (AvgIpc) is 2.83. The molecule has 1 aromatic carbocycles. The second-order valence-electron chi connectivity index (χ2n) is 4.83. The zero-order chi connectivity index (χ0) is 12.4. The van der Waals surface area contributed by atoms with Crippen LogP contribution in [0.15, 0.2) is 34.7 Å². The van der Waals surface area contributed by atoms with Crippen LogP contribution >= 0.6 is 0 Å². The van der Waals surface area contributed by atoms with Gasteiger partial charge in [0.1, 0.15) is 5.76 Å². The van der Waals surface area contributed by atoms with Gasteiger partial charge in [0.15, 0.2) is 0 Å². The first-order valence-electron chi connectivity index (χ1n) is 6.61. The topological polar surface area (TPSA) is 38.1 Å². The average molecular weight is 242 g/mol. The molecule has 1 aromatic heterocycles. The fourth-order valence-corrected chi connectivity index (χ4v) is 2.52. The summed E-state index contributed by atoms with van der Waals surface area (Å²) in [5, 5.41) is 3.52. The van der Waals surface area contributed by atoms with E-state index in [0.717, 1.165) is 35.9 Å². The van der Waals surface area contributed by atoms with Gasteiger partial charge in [0.25, 0.3) is 0 Å². The molecule has 3 rings (SSSR count). The summed E-state index contributed by atoms with van der Waals surface area (Å²) >= 11 is 0. The van der Waals surface area contributed by atoms with Crippen LogP contribution in [0.4, 0.5) is 0 Å². The maximum Gasteiger partial charge on any atom is 0.226 e. The van der Waals surface area contributed by atoms with E-state index in [9.17, 15) is 0 Å². The lowest BCUT2D eigenvalue weighted by atomic mass is 10.0. The molecule has 3 nitrogen and oxygen atoms in total. The maximum atomic E-state index is 5.80. The van der Waals surface area contributed by atoms with Crippen molar-refractivity contribution in [3.05, 3.63) is 41.8 Å². The van der Waals surface area contributed by atoms with E-state index in [2.05, 4.69) is 10.3 Å². The molecule has 1 unspecified atom stereocenters. The predicted molar refractivity (Wildman–Crippen MR) is 71.3 cm³/mol. The Morgan fingerprint density at radius 3 is 2.78 bits per heavy atom. The van der Waals surface area contributed by atoms with Crippen molar-refractivity contribution >= 4 is 0 Å². The number of hydrogen-bond acceptors (Lipinski definition) is 3.